The van der Waals surface area contributed by atoms with Gasteiger partial charge in [-0.05, 0) is 19.1 Å². The number of imidazole rings is 1. The predicted octanol–water partition coefficient (Wildman–Crippen LogP) is 3.13. The molecule has 1 aromatic carbocycles. The van der Waals surface area contributed by atoms with Crippen LogP contribution < -0.4 is 0 Å². The van der Waals surface area contributed by atoms with E-state index in [4.69, 9.17) is 15.0 Å². The van der Waals surface area contributed by atoms with Crippen molar-refractivity contribution in [2.75, 3.05) is 0 Å². The lowest BCUT2D eigenvalue weighted by molar-refractivity contribution is 0.279. The van der Waals surface area contributed by atoms with E-state index < -0.39 is 5.95 Å². The lowest BCUT2D eigenvalue weighted by atomic mass is 10.1. The fourth-order valence-corrected chi connectivity index (χ4v) is 2.32. The highest BCUT2D eigenvalue weighted by Gasteiger charge is 2.21. The molecule has 3 rings (SSSR count). The van der Waals surface area contributed by atoms with Crippen LogP contribution in [-0.4, -0.2) is 24.9 Å². The van der Waals surface area contributed by atoms with Crippen molar-refractivity contribution in [3.63, 3.8) is 0 Å². The summed E-state index contributed by atoms with van der Waals surface area (Å²) in [6, 6.07) is 10.0. The zero-order chi connectivity index (χ0) is 18.7. The second-order valence-electron chi connectivity index (χ2n) is 4.98. The molecule has 3 aromatic rings. The van der Waals surface area contributed by atoms with Crippen molar-refractivity contribution in [1.29, 1.82) is 10.5 Å². The Bertz CT molecular complexity index is 1080. The lowest BCUT2D eigenvalue weighted by Gasteiger charge is -2.01. The van der Waals surface area contributed by atoms with Crippen LogP contribution in [0.1, 0.15) is 18.3 Å². The van der Waals surface area contributed by atoms with Crippen molar-refractivity contribution >= 4 is 11.6 Å². The van der Waals surface area contributed by atoms with E-state index in [0.29, 0.717) is 12.1 Å². The molecule has 26 heavy (non-hydrogen) atoms. The smallest absolute Gasteiger partial charge is 0.337 e. The zero-order valence-corrected chi connectivity index (χ0v) is 13.4. The van der Waals surface area contributed by atoms with E-state index in [-0.39, 0.29) is 34.5 Å². The minimum atomic E-state index is -0.595. The molecule has 2 heterocycles. The molecule has 0 saturated carbocycles. The van der Waals surface area contributed by atoms with Gasteiger partial charge in [-0.1, -0.05) is 17.3 Å². The summed E-state index contributed by atoms with van der Waals surface area (Å²) < 4.78 is 6.14. The van der Waals surface area contributed by atoms with Crippen LogP contribution in [0.5, 0.6) is 11.7 Å². The molecule has 2 N–H and O–H groups in total. The summed E-state index contributed by atoms with van der Waals surface area (Å²) in [5.74, 6) is -0.655. The quantitative estimate of drug-likeness (QED) is 0.685. The van der Waals surface area contributed by atoms with Crippen LogP contribution in [0, 0.1) is 22.7 Å². The number of aromatic hydroxyl groups is 2. The average molecular weight is 349 g/mol. The third-order valence-corrected chi connectivity index (χ3v) is 3.52. The number of benzene rings is 1. The van der Waals surface area contributed by atoms with Gasteiger partial charge in [0.05, 0.1) is 0 Å². The molecule has 2 aromatic heterocycles. The molecule has 10 heteroatoms. The minimum Gasteiger partial charge on any atom is -0.507 e. The standard InChI is InChI=1S/C16H11N7O3/c1-2-23-11(8-18)10(7-17)19-16(23)21-20-14-13(22-26-15(14)25)9-5-3-4-6-12(9)24/h3-6,24-25H,2H2,1H3. The van der Waals surface area contributed by atoms with Gasteiger partial charge in [0.25, 0.3) is 5.95 Å². The van der Waals surface area contributed by atoms with Crippen LogP contribution in [0.4, 0.5) is 11.6 Å². The SMILES string of the molecule is CCn1c(N=Nc2c(-c3ccccc3O)noc2O)nc(C#N)c1C#N. The van der Waals surface area contributed by atoms with Gasteiger partial charge in [0.1, 0.15) is 23.6 Å². The van der Waals surface area contributed by atoms with Crippen molar-refractivity contribution in [1.82, 2.24) is 14.7 Å². The van der Waals surface area contributed by atoms with Gasteiger partial charge in [0.15, 0.2) is 17.1 Å². The third-order valence-electron chi connectivity index (χ3n) is 3.52. The molecular formula is C16H11N7O3. The van der Waals surface area contributed by atoms with Gasteiger partial charge >= 0.3 is 5.95 Å². The highest BCUT2D eigenvalue weighted by atomic mass is 16.5. The van der Waals surface area contributed by atoms with Crippen LogP contribution in [0.2, 0.25) is 0 Å². The predicted molar refractivity (Wildman–Crippen MR) is 86.8 cm³/mol. The maximum absolute atomic E-state index is 9.94. The Kier molecular flexibility index (Phi) is 4.33. The van der Waals surface area contributed by atoms with Gasteiger partial charge in [0, 0.05) is 12.1 Å². The maximum Gasteiger partial charge on any atom is 0.337 e. The Morgan fingerprint density at radius 1 is 1.19 bits per heavy atom. The lowest BCUT2D eigenvalue weighted by Crippen LogP contribution is -1.97. The number of hydrogen-bond acceptors (Lipinski definition) is 9. The molecule has 0 atom stereocenters. The van der Waals surface area contributed by atoms with E-state index in [1.807, 2.05) is 12.1 Å². The summed E-state index contributed by atoms with van der Waals surface area (Å²) in [5.41, 5.74) is 0.257. The molecule has 0 spiro atoms. The largest absolute Gasteiger partial charge is 0.507 e. The normalized spacial score (nSPS) is 10.7. The van der Waals surface area contributed by atoms with Gasteiger partial charge in [-0.25, -0.2) is 0 Å². The summed E-state index contributed by atoms with van der Waals surface area (Å²) in [6.45, 7) is 2.10. The summed E-state index contributed by atoms with van der Waals surface area (Å²) in [5, 5.41) is 49.5. The molecule has 0 aliphatic rings. The van der Waals surface area contributed by atoms with Gasteiger partial charge in [0.2, 0.25) is 0 Å². The Hall–Kier alpha value is -4.18. The first-order chi connectivity index (χ1) is 12.6. The summed E-state index contributed by atoms with van der Waals surface area (Å²) >= 11 is 0. The number of azo groups is 1. The Morgan fingerprint density at radius 3 is 2.62 bits per heavy atom. The van der Waals surface area contributed by atoms with Crippen LogP contribution in [0.3, 0.4) is 0 Å². The Morgan fingerprint density at radius 2 is 1.96 bits per heavy atom. The second-order valence-corrected chi connectivity index (χ2v) is 4.98. The van der Waals surface area contributed by atoms with Crippen LogP contribution in [-0.2, 0) is 6.54 Å². The number of phenols is 1. The van der Waals surface area contributed by atoms with E-state index in [0.717, 1.165) is 0 Å². The molecule has 0 bridgehead atoms. The van der Waals surface area contributed by atoms with E-state index in [2.05, 4.69) is 20.4 Å². The fourth-order valence-electron chi connectivity index (χ4n) is 2.32. The van der Waals surface area contributed by atoms with E-state index in [1.54, 1.807) is 25.1 Å². The average Bonchev–Trinajstić information content (AvgIpc) is 3.19. The van der Waals surface area contributed by atoms with Crippen molar-refractivity contribution in [2.45, 2.75) is 13.5 Å². The molecule has 128 valence electrons. The Balaban J connectivity index is 2.08. The highest BCUT2D eigenvalue weighted by Crippen LogP contribution is 2.41. The molecule has 0 amide bonds. The first kappa shape index (κ1) is 16.7. The third kappa shape index (κ3) is 2.72. The molecule has 0 aliphatic heterocycles. The topological polar surface area (TPSA) is 157 Å². The summed E-state index contributed by atoms with van der Waals surface area (Å²) in [4.78, 5) is 3.96. The number of phenolic OH excluding ortho intramolecular Hbond substituents is 1. The van der Waals surface area contributed by atoms with Gasteiger partial charge in [-0.15, -0.1) is 10.2 Å². The number of para-hydroxylation sites is 1. The highest BCUT2D eigenvalue weighted by molar-refractivity contribution is 5.78. The second kappa shape index (κ2) is 6.75. The number of nitriles is 2. The molecule has 10 nitrogen and oxygen atoms in total. The molecular weight excluding hydrogens is 338 g/mol. The van der Waals surface area contributed by atoms with E-state index >= 15 is 0 Å². The number of hydrogen-bond donors (Lipinski definition) is 2. The molecule has 0 fully saturated rings. The zero-order valence-electron chi connectivity index (χ0n) is 13.4. The molecule has 0 aliphatic carbocycles. The summed E-state index contributed by atoms with van der Waals surface area (Å²) in [6.07, 6.45) is 0. The van der Waals surface area contributed by atoms with Crippen molar-refractivity contribution in [3.8, 4) is 35.1 Å². The minimum absolute atomic E-state index is 0.0180. The monoisotopic (exact) mass is 349 g/mol. The molecule has 0 saturated heterocycles. The Labute approximate surface area is 146 Å². The van der Waals surface area contributed by atoms with Crippen LogP contribution in [0.15, 0.2) is 39.0 Å². The first-order valence-electron chi connectivity index (χ1n) is 7.40. The number of rotatable bonds is 4. The van der Waals surface area contributed by atoms with Gasteiger partial charge in [-0.2, -0.15) is 15.5 Å². The van der Waals surface area contributed by atoms with Crippen molar-refractivity contribution < 1.29 is 14.7 Å². The van der Waals surface area contributed by atoms with Gasteiger partial charge in [-0.3, -0.25) is 4.57 Å². The number of nitrogens with zero attached hydrogens (tertiary/aromatic N) is 7. The number of aromatic nitrogens is 3. The van der Waals surface area contributed by atoms with Crippen molar-refractivity contribution in [3.05, 3.63) is 35.7 Å². The van der Waals surface area contributed by atoms with E-state index in [9.17, 15) is 10.2 Å². The maximum atomic E-state index is 9.94. The van der Waals surface area contributed by atoms with Gasteiger partial charge < -0.3 is 14.7 Å². The first-order valence-corrected chi connectivity index (χ1v) is 7.40. The fraction of sp³-hybridized carbons (Fsp3) is 0.125. The summed E-state index contributed by atoms with van der Waals surface area (Å²) in [7, 11) is 0. The van der Waals surface area contributed by atoms with Crippen LogP contribution >= 0.6 is 0 Å². The van der Waals surface area contributed by atoms with Crippen LogP contribution in [0.25, 0.3) is 11.3 Å². The molecule has 0 radical (unpaired) electrons. The molecule has 0 unspecified atom stereocenters. The van der Waals surface area contributed by atoms with E-state index in [1.165, 1.54) is 10.6 Å². The van der Waals surface area contributed by atoms with Crippen molar-refractivity contribution in [2.24, 2.45) is 10.2 Å².